The molecule has 2 amide bonds. The Kier molecular flexibility index (Phi) is 6.85. The van der Waals surface area contributed by atoms with Crippen molar-refractivity contribution in [2.24, 2.45) is 0 Å². The average Bonchev–Trinajstić information content (AvgIpc) is 2.85. The summed E-state index contributed by atoms with van der Waals surface area (Å²) in [5, 5.41) is 2.86. The van der Waals surface area contributed by atoms with E-state index in [1.54, 1.807) is 31.2 Å². The third-order valence-electron chi connectivity index (χ3n) is 5.69. The second kappa shape index (κ2) is 10.1. The van der Waals surface area contributed by atoms with Crippen LogP contribution in [0, 0.1) is 0 Å². The monoisotopic (exact) mass is 428 g/mol. The van der Waals surface area contributed by atoms with Crippen molar-refractivity contribution in [1.29, 1.82) is 0 Å². The molecule has 5 heteroatoms. The van der Waals surface area contributed by atoms with Crippen LogP contribution in [-0.4, -0.2) is 35.9 Å². The molecule has 1 aliphatic heterocycles. The molecule has 1 saturated heterocycles. The number of nitrogens with zero attached hydrogens (tertiary/aromatic N) is 1. The van der Waals surface area contributed by atoms with E-state index in [-0.39, 0.29) is 11.8 Å². The number of nitrogens with one attached hydrogen (secondary N) is 1. The fourth-order valence-corrected chi connectivity index (χ4v) is 3.83. The first-order valence-electron chi connectivity index (χ1n) is 11.1. The highest BCUT2D eigenvalue weighted by Crippen LogP contribution is 2.23. The van der Waals surface area contributed by atoms with Gasteiger partial charge in [0, 0.05) is 24.3 Å². The number of anilines is 1. The zero-order valence-corrected chi connectivity index (χ0v) is 18.3. The quantitative estimate of drug-likeness (QED) is 0.573. The van der Waals surface area contributed by atoms with Crippen LogP contribution in [0.3, 0.4) is 0 Å². The van der Waals surface area contributed by atoms with Crippen LogP contribution in [0.2, 0.25) is 0 Å². The number of hydrogen-bond acceptors (Lipinski definition) is 3. The first-order chi connectivity index (χ1) is 15.6. The third kappa shape index (κ3) is 5.35. The van der Waals surface area contributed by atoms with Crippen molar-refractivity contribution in [2.45, 2.75) is 32.3 Å². The zero-order chi connectivity index (χ0) is 22.3. The summed E-state index contributed by atoms with van der Waals surface area (Å²) < 4.78 is 5.81. The topological polar surface area (TPSA) is 58.6 Å². The van der Waals surface area contributed by atoms with Gasteiger partial charge < -0.3 is 15.0 Å². The minimum absolute atomic E-state index is 0.0539. The second-order valence-electron chi connectivity index (χ2n) is 8.07. The van der Waals surface area contributed by atoms with Crippen LogP contribution >= 0.6 is 0 Å². The first kappa shape index (κ1) is 21.6. The number of likely N-dealkylation sites (tertiary alicyclic amines) is 1. The van der Waals surface area contributed by atoms with E-state index in [0.717, 1.165) is 37.1 Å². The fourth-order valence-electron chi connectivity index (χ4n) is 3.83. The lowest BCUT2D eigenvalue weighted by Gasteiger charge is -2.26. The van der Waals surface area contributed by atoms with Gasteiger partial charge in [0.05, 0.1) is 0 Å². The Balaban J connectivity index is 1.32. The molecule has 1 N–H and O–H groups in total. The van der Waals surface area contributed by atoms with Crippen LogP contribution in [0.5, 0.6) is 5.75 Å². The molecule has 1 aliphatic rings. The molecule has 4 rings (SSSR count). The van der Waals surface area contributed by atoms with Gasteiger partial charge in [0.2, 0.25) is 0 Å². The molecule has 1 fully saturated rings. The van der Waals surface area contributed by atoms with Crippen LogP contribution in [0.4, 0.5) is 5.69 Å². The van der Waals surface area contributed by atoms with E-state index in [1.165, 1.54) is 6.42 Å². The highest BCUT2D eigenvalue weighted by Gasteiger charge is 2.19. The minimum atomic E-state index is -0.660. The molecule has 164 valence electrons. The highest BCUT2D eigenvalue weighted by molar-refractivity contribution is 5.97. The minimum Gasteiger partial charge on any atom is -0.481 e. The number of benzene rings is 3. The zero-order valence-electron chi connectivity index (χ0n) is 18.3. The van der Waals surface area contributed by atoms with Gasteiger partial charge in [-0.3, -0.25) is 9.59 Å². The summed E-state index contributed by atoms with van der Waals surface area (Å²) in [5.74, 6) is 0.445. The van der Waals surface area contributed by atoms with Crippen molar-refractivity contribution in [2.75, 3.05) is 18.4 Å². The molecule has 0 bridgehead atoms. The lowest BCUT2D eigenvalue weighted by molar-refractivity contribution is -0.122. The largest absolute Gasteiger partial charge is 0.481 e. The Bertz CT molecular complexity index is 1040. The number of piperidine rings is 1. The number of carbonyl (C=O) groups is 2. The maximum Gasteiger partial charge on any atom is 0.265 e. The standard InChI is InChI=1S/C27H28N2O3/c1-20(32-25-16-12-22(13-17-25)21-8-4-2-5-9-21)26(30)28-24-14-10-23(11-15-24)27(31)29-18-6-3-7-19-29/h2,4-5,8-17,20H,3,6-7,18-19H2,1H3,(H,28,30). The molecular formula is C27H28N2O3. The smallest absolute Gasteiger partial charge is 0.265 e. The Morgan fingerprint density at radius 3 is 2.09 bits per heavy atom. The van der Waals surface area contributed by atoms with E-state index in [2.05, 4.69) is 17.4 Å². The lowest BCUT2D eigenvalue weighted by atomic mass is 10.1. The molecule has 0 aliphatic carbocycles. The molecule has 0 radical (unpaired) electrons. The summed E-state index contributed by atoms with van der Waals surface area (Å²) in [6.07, 6.45) is 2.65. The molecule has 32 heavy (non-hydrogen) atoms. The molecule has 1 atom stereocenters. The Morgan fingerprint density at radius 1 is 0.812 bits per heavy atom. The summed E-state index contributed by atoms with van der Waals surface area (Å²) in [6.45, 7) is 3.35. The van der Waals surface area contributed by atoms with Crippen LogP contribution < -0.4 is 10.1 Å². The normalized spacial score (nSPS) is 14.5. The van der Waals surface area contributed by atoms with Crippen molar-refractivity contribution < 1.29 is 14.3 Å². The Labute approximate surface area is 189 Å². The Morgan fingerprint density at radius 2 is 1.44 bits per heavy atom. The van der Waals surface area contributed by atoms with Gasteiger partial charge in [-0.05, 0) is 73.7 Å². The van der Waals surface area contributed by atoms with Crippen molar-refractivity contribution in [3.05, 3.63) is 84.4 Å². The maximum absolute atomic E-state index is 12.6. The van der Waals surface area contributed by atoms with Gasteiger partial charge in [0.1, 0.15) is 5.75 Å². The van der Waals surface area contributed by atoms with E-state index < -0.39 is 6.10 Å². The van der Waals surface area contributed by atoms with Crippen LogP contribution in [0.25, 0.3) is 11.1 Å². The third-order valence-corrected chi connectivity index (χ3v) is 5.69. The molecule has 3 aromatic carbocycles. The van der Waals surface area contributed by atoms with Gasteiger partial charge in [0.25, 0.3) is 11.8 Å². The Hall–Kier alpha value is -3.60. The summed E-state index contributed by atoms with van der Waals surface area (Å²) in [7, 11) is 0. The van der Waals surface area contributed by atoms with Gasteiger partial charge >= 0.3 is 0 Å². The summed E-state index contributed by atoms with van der Waals surface area (Å²) >= 11 is 0. The number of carbonyl (C=O) groups excluding carboxylic acids is 2. The van der Waals surface area contributed by atoms with Crippen LogP contribution in [0.1, 0.15) is 36.5 Å². The van der Waals surface area contributed by atoms with E-state index in [0.29, 0.717) is 17.0 Å². The maximum atomic E-state index is 12.6. The molecule has 3 aromatic rings. The predicted molar refractivity (Wildman–Crippen MR) is 127 cm³/mol. The van der Waals surface area contributed by atoms with Crippen molar-refractivity contribution in [3.63, 3.8) is 0 Å². The van der Waals surface area contributed by atoms with Gasteiger partial charge in [-0.25, -0.2) is 0 Å². The predicted octanol–water partition coefficient (Wildman–Crippen LogP) is 5.39. The second-order valence-corrected chi connectivity index (χ2v) is 8.07. The summed E-state index contributed by atoms with van der Waals surface area (Å²) in [5.41, 5.74) is 3.51. The van der Waals surface area contributed by atoms with E-state index >= 15 is 0 Å². The molecule has 0 spiro atoms. The SMILES string of the molecule is CC(Oc1ccc(-c2ccccc2)cc1)C(=O)Nc1ccc(C(=O)N2CCCCC2)cc1. The number of amides is 2. The molecule has 1 heterocycles. The van der Waals surface area contributed by atoms with E-state index in [4.69, 9.17) is 4.74 Å². The van der Waals surface area contributed by atoms with Crippen LogP contribution in [-0.2, 0) is 4.79 Å². The number of hydrogen-bond donors (Lipinski definition) is 1. The number of rotatable bonds is 6. The first-order valence-corrected chi connectivity index (χ1v) is 11.1. The van der Waals surface area contributed by atoms with Gasteiger partial charge in [-0.1, -0.05) is 42.5 Å². The van der Waals surface area contributed by atoms with Gasteiger partial charge in [-0.15, -0.1) is 0 Å². The van der Waals surface area contributed by atoms with E-state index in [9.17, 15) is 9.59 Å². The molecule has 5 nitrogen and oxygen atoms in total. The summed E-state index contributed by atoms with van der Waals surface area (Å²) in [4.78, 5) is 27.0. The molecule has 1 unspecified atom stereocenters. The van der Waals surface area contributed by atoms with Crippen LogP contribution in [0.15, 0.2) is 78.9 Å². The lowest BCUT2D eigenvalue weighted by Crippen LogP contribution is -2.35. The van der Waals surface area contributed by atoms with Crippen molar-refractivity contribution >= 4 is 17.5 Å². The molecule has 0 aromatic heterocycles. The summed E-state index contributed by atoms with van der Waals surface area (Å²) in [6, 6.07) is 24.8. The van der Waals surface area contributed by atoms with Gasteiger partial charge in [-0.2, -0.15) is 0 Å². The highest BCUT2D eigenvalue weighted by atomic mass is 16.5. The van der Waals surface area contributed by atoms with E-state index in [1.807, 2.05) is 47.4 Å². The molecular weight excluding hydrogens is 400 g/mol. The van der Waals surface area contributed by atoms with Gasteiger partial charge in [0.15, 0.2) is 6.10 Å². The average molecular weight is 429 g/mol. The fraction of sp³-hybridized carbons (Fsp3) is 0.259. The van der Waals surface area contributed by atoms with Crippen molar-refractivity contribution in [1.82, 2.24) is 4.90 Å². The van der Waals surface area contributed by atoms with Crippen molar-refractivity contribution in [3.8, 4) is 16.9 Å². The number of ether oxygens (including phenoxy) is 1. The molecule has 0 saturated carbocycles.